The van der Waals surface area contributed by atoms with Crippen molar-refractivity contribution in [3.05, 3.63) is 35.9 Å². The molecule has 2 aliphatic rings. The second kappa shape index (κ2) is 8.18. The molecule has 0 spiro atoms. The number of primary amides is 1. The fraction of sp³-hybridized carbons (Fsp3) is 0.600. The molecule has 2 heterocycles. The molecule has 0 bridgehead atoms. The average molecular weight is 359 g/mol. The summed E-state index contributed by atoms with van der Waals surface area (Å²) in [6.45, 7) is 2.83. The summed E-state index contributed by atoms with van der Waals surface area (Å²) in [4.78, 5) is 27.8. The van der Waals surface area contributed by atoms with E-state index in [1.807, 2.05) is 40.1 Å². The van der Waals surface area contributed by atoms with Gasteiger partial charge in [0.05, 0.1) is 18.1 Å². The number of hydrogen-bond acceptors (Lipinski definition) is 4. The molecule has 3 N–H and O–H groups in total. The summed E-state index contributed by atoms with van der Waals surface area (Å²) < 4.78 is 0. The number of nitrogens with zero attached hydrogens (tertiary/aromatic N) is 2. The van der Waals surface area contributed by atoms with Crippen LogP contribution in [-0.2, 0) is 16.0 Å². The number of carbonyl (C=O) groups excluding carboxylic acids is 2. The van der Waals surface area contributed by atoms with Gasteiger partial charge in [-0.3, -0.25) is 14.5 Å². The maximum atomic E-state index is 12.9. The largest absolute Gasteiger partial charge is 0.389 e. The molecule has 6 nitrogen and oxygen atoms in total. The molecule has 26 heavy (non-hydrogen) atoms. The van der Waals surface area contributed by atoms with E-state index in [0.29, 0.717) is 38.9 Å². The number of benzene rings is 1. The third kappa shape index (κ3) is 4.83. The number of likely N-dealkylation sites (tertiary alicyclic amines) is 2. The second-order valence-electron chi connectivity index (χ2n) is 7.75. The highest BCUT2D eigenvalue weighted by Crippen LogP contribution is 2.28. The second-order valence-corrected chi connectivity index (χ2v) is 7.75. The molecule has 1 aromatic rings. The Morgan fingerprint density at radius 2 is 1.85 bits per heavy atom. The molecule has 1 atom stereocenters. The van der Waals surface area contributed by atoms with E-state index in [4.69, 9.17) is 5.73 Å². The highest BCUT2D eigenvalue weighted by Gasteiger charge is 2.36. The van der Waals surface area contributed by atoms with Crippen molar-refractivity contribution >= 4 is 11.8 Å². The van der Waals surface area contributed by atoms with Crippen molar-refractivity contribution in [1.82, 2.24) is 9.80 Å². The van der Waals surface area contributed by atoms with Gasteiger partial charge in [-0.25, -0.2) is 0 Å². The Labute approximate surface area is 155 Å². The van der Waals surface area contributed by atoms with E-state index in [2.05, 4.69) is 0 Å². The summed E-state index contributed by atoms with van der Waals surface area (Å²) in [5.41, 5.74) is 5.67. The van der Waals surface area contributed by atoms with Crippen molar-refractivity contribution in [3.63, 3.8) is 0 Å². The zero-order valence-electron chi connectivity index (χ0n) is 15.3. The van der Waals surface area contributed by atoms with Gasteiger partial charge in [0.2, 0.25) is 11.8 Å². The van der Waals surface area contributed by atoms with E-state index in [-0.39, 0.29) is 24.3 Å². The first-order chi connectivity index (χ1) is 12.5. The number of piperidine rings is 2. The molecule has 2 saturated heterocycles. The summed E-state index contributed by atoms with van der Waals surface area (Å²) in [5, 5.41) is 10.9. The first kappa shape index (κ1) is 18.9. The zero-order valence-corrected chi connectivity index (χ0v) is 15.3. The van der Waals surface area contributed by atoms with Gasteiger partial charge < -0.3 is 15.7 Å². The Bertz CT molecular complexity index is 626. The molecule has 2 amide bonds. The fourth-order valence-electron chi connectivity index (χ4n) is 4.18. The first-order valence-electron chi connectivity index (χ1n) is 9.51. The molecule has 2 fully saturated rings. The van der Waals surface area contributed by atoms with Crippen molar-refractivity contribution in [3.8, 4) is 0 Å². The van der Waals surface area contributed by atoms with Crippen LogP contribution in [0.3, 0.4) is 0 Å². The Morgan fingerprint density at radius 1 is 1.15 bits per heavy atom. The van der Waals surface area contributed by atoms with E-state index in [9.17, 15) is 14.7 Å². The van der Waals surface area contributed by atoms with E-state index < -0.39 is 5.60 Å². The normalized spacial score (nSPS) is 23.6. The van der Waals surface area contributed by atoms with Crippen molar-refractivity contribution in [1.29, 1.82) is 0 Å². The summed E-state index contributed by atoms with van der Waals surface area (Å²) in [7, 11) is 0. The zero-order chi connectivity index (χ0) is 18.6. The smallest absolute Gasteiger partial charge is 0.231 e. The number of carbonyl (C=O) groups is 2. The number of hydrogen-bond donors (Lipinski definition) is 2. The Kier molecular flexibility index (Phi) is 5.94. The van der Waals surface area contributed by atoms with E-state index in [0.717, 1.165) is 24.9 Å². The standard InChI is InChI=1S/C20H29N3O3/c21-18(24)15-22-10-4-7-17(14-22)19(25)23-11-8-20(26,9-12-23)13-16-5-2-1-3-6-16/h1-3,5-6,17,26H,4,7-15H2,(H2,21,24). The SMILES string of the molecule is NC(=O)CN1CCCC(C(=O)N2CCC(O)(Cc3ccccc3)CC2)C1. The van der Waals surface area contributed by atoms with Crippen LogP contribution in [0.4, 0.5) is 0 Å². The topological polar surface area (TPSA) is 86.9 Å². The van der Waals surface area contributed by atoms with E-state index in [1.54, 1.807) is 0 Å². The average Bonchev–Trinajstić information content (AvgIpc) is 2.62. The van der Waals surface area contributed by atoms with Crippen LogP contribution in [0.1, 0.15) is 31.2 Å². The predicted molar refractivity (Wildman–Crippen MR) is 99.3 cm³/mol. The molecule has 142 valence electrons. The minimum atomic E-state index is -0.733. The molecular weight excluding hydrogens is 330 g/mol. The molecule has 0 aliphatic carbocycles. The summed E-state index contributed by atoms with van der Waals surface area (Å²) in [6.07, 6.45) is 3.61. The van der Waals surface area contributed by atoms with Crippen molar-refractivity contribution < 1.29 is 14.7 Å². The van der Waals surface area contributed by atoms with Gasteiger partial charge in [-0.2, -0.15) is 0 Å². The molecule has 1 aromatic carbocycles. The lowest BCUT2D eigenvalue weighted by atomic mass is 9.84. The summed E-state index contributed by atoms with van der Waals surface area (Å²) >= 11 is 0. The van der Waals surface area contributed by atoms with Crippen LogP contribution in [0.25, 0.3) is 0 Å². The quantitative estimate of drug-likeness (QED) is 0.813. The van der Waals surface area contributed by atoms with Gasteiger partial charge >= 0.3 is 0 Å². The minimum Gasteiger partial charge on any atom is -0.389 e. The third-order valence-electron chi connectivity index (χ3n) is 5.62. The molecule has 0 radical (unpaired) electrons. The molecular formula is C20H29N3O3. The van der Waals surface area contributed by atoms with Gasteiger partial charge in [-0.1, -0.05) is 30.3 Å². The molecule has 0 saturated carbocycles. The Morgan fingerprint density at radius 3 is 2.50 bits per heavy atom. The number of nitrogens with two attached hydrogens (primary N) is 1. The highest BCUT2D eigenvalue weighted by molar-refractivity contribution is 5.80. The lowest BCUT2D eigenvalue weighted by Gasteiger charge is -2.41. The number of aliphatic hydroxyl groups is 1. The monoisotopic (exact) mass is 359 g/mol. The van der Waals surface area contributed by atoms with Crippen LogP contribution in [-0.4, -0.2) is 65.0 Å². The lowest BCUT2D eigenvalue weighted by Crippen LogP contribution is -2.52. The number of amides is 2. The maximum absolute atomic E-state index is 12.9. The van der Waals surface area contributed by atoms with Crippen LogP contribution < -0.4 is 5.73 Å². The summed E-state index contributed by atoms with van der Waals surface area (Å²) in [6, 6.07) is 10.0. The summed E-state index contributed by atoms with van der Waals surface area (Å²) in [5.74, 6) is -0.258. The number of rotatable bonds is 5. The Hall–Kier alpha value is -1.92. The molecule has 2 aliphatic heterocycles. The highest BCUT2D eigenvalue weighted by atomic mass is 16.3. The van der Waals surface area contributed by atoms with E-state index in [1.165, 1.54) is 0 Å². The van der Waals surface area contributed by atoms with Crippen LogP contribution >= 0.6 is 0 Å². The fourth-order valence-corrected chi connectivity index (χ4v) is 4.18. The van der Waals surface area contributed by atoms with Crippen molar-refractivity contribution in [2.75, 3.05) is 32.7 Å². The van der Waals surface area contributed by atoms with Crippen LogP contribution in [0, 0.1) is 5.92 Å². The first-order valence-corrected chi connectivity index (χ1v) is 9.51. The van der Waals surface area contributed by atoms with Crippen LogP contribution in [0.2, 0.25) is 0 Å². The van der Waals surface area contributed by atoms with Crippen LogP contribution in [0.5, 0.6) is 0 Å². The van der Waals surface area contributed by atoms with Gasteiger partial charge in [0, 0.05) is 26.1 Å². The van der Waals surface area contributed by atoms with Gasteiger partial charge in [-0.05, 0) is 37.8 Å². The van der Waals surface area contributed by atoms with Crippen LogP contribution in [0.15, 0.2) is 30.3 Å². The van der Waals surface area contributed by atoms with Gasteiger partial charge in [0.15, 0.2) is 0 Å². The van der Waals surface area contributed by atoms with Crippen molar-refractivity contribution in [2.24, 2.45) is 11.7 Å². The van der Waals surface area contributed by atoms with E-state index >= 15 is 0 Å². The maximum Gasteiger partial charge on any atom is 0.231 e. The Balaban J connectivity index is 1.52. The van der Waals surface area contributed by atoms with Gasteiger partial charge in [0.1, 0.15) is 0 Å². The molecule has 6 heteroatoms. The lowest BCUT2D eigenvalue weighted by molar-refractivity contribution is -0.142. The molecule has 3 rings (SSSR count). The third-order valence-corrected chi connectivity index (χ3v) is 5.62. The molecule has 1 unspecified atom stereocenters. The van der Waals surface area contributed by atoms with Gasteiger partial charge in [0.25, 0.3) is 0 Å². The van der Waals surface area contributed by atoms with Gasteiger partial charge in [-0.15, -0.1) is 0 Å². The predicted octanol–water partition coefficient (Wildman–Crippen LogP) is 0.780. The van der Waals surface area contributed by atoms with Crippen molar-refractivity contribution in [2.45, 2.75) is 37.7 Å². The molecule has 0 aromatic heterocycles. The minimum absolute atomic E-state index is 0.0663.